The van der Waals surface area contributed by atoms with E-state index in [9.17, 15) is 23.3 Å². The first kappa shape index (κ1) is 15.1. The number of hydrogen-bond donors (Lipinski definition) is 1. The van der Waals surface area contributed by atoms with E-state index in [-0.39, 0.29) is 17.9 Å². The lowest BCUT2D eigenvalue weighted by molar-refractivity contribution is -0.384. The van der Waals surface area contributed by atoms with Crippen molar-refractivity contribution in [1.82, 2.24) is 0 Å². The summed E-state index contributed by atoms with van der Waals surface area (Å²) in [5, 5.41) is 13.4. The molecule has 0 heterocycles. The van der Waals surface area contributed by atoms with Crippen LogP contribution in [0.15, 0.2) is 18.2 Å². The largest absolute Gasteiger partial charge is 0.405 e. The van der Waals surface area contributed by atoms with Crippen LogP contribution in [0.3, 0.4) is 0 Å². The van der Waals surface area contributed by atoms with Crippen molar-refractivity contribution in [2.45, 2.75) is 13.1 Å². The highest BCUT2D eigenvalue weighted by molar-refractivity contribution is 5.64. The van der Waals surface area contributed by atoms with Gasteiger partial charge in [-0.2, -0.15) is 13.2 Å². The zero-order valence-electron chi connectivity index (χ0n) is 10.5. The van der Waals surface area contributed by atoms with Crippen LogP contribution in [0.5, 0.6) is 0 Å². The Kier molecular flexibility index (Phi) is 4.57. The molecular formula is C11H14F3N3O2. The molecule has 1 aromatic carbocycles. The summed E-state index contributed by atoms with van der Waals surface area (Å²) in [4.78, 5) is 11.2. The second-order valence-electron chi connectivity index (χ2n) is 3.87. The number of hydrogen-bond acceptors (Lipinski definition) is 4. The lowest BCUT2D eigenvalue weighted by Crippen LogP contribution is -2.34. The van der Waals surface area contributed by atoms with Crippen LogP contribution in [-0.2, 0) is 0 Å². The van der Waals surface area contributed by atoms with Gasteiger partial charge in [0.1, 0.15) is 6.54 Å². The number of nitrogens with zero attached hydrogens (tertiary/aromatic N) is 2. The molecule has 0 saturated heterocycles. The van der Waals surface area contributed by atoms with Gasteiger partial charge in [-0.15, -0.1) is 0 Å². The van der Waals surface area contributed by atoms with Gasteiger partial charge >= 0.3 is 6.18 Å². The zero-order chi connectivity index (χ0) is 14.6. The number of nitro groups is 1. The van der Waals surface area contributed by atoms with Crippen molar-refractivity contribution < 1.29 is 18.1 Å². The van der Waals surface area contributed by atoms with Gasteiger partial charge in [0.15, 0.2) is 0 Å². The van der Waals surface area contributed by atoms with Gasteiger partial charge in [-0.25, -0.2) is 0 Å². The normalized spacial score (nSPS) is 11.2. The van der Waals surface area contributed by atoms with Crippen LogP contribution in [-0.4, -0.2) is 31.2 Å². The minimum Gasteiger partial charge on any atom is -0.388 e. The molecule has 0 radical (unpaired) electrons. The lowest BCUT2D eigenvalue weighted by atomic mass is 10.2. The number of nitro benzene ring substituents is 1. The Morgan fingerprint density at radius 2 is 2.00 bits per heavy atom. The molecule has 0 spiro atoms. The summed E-state index contributed by atoms with van der Waals surface area (Å²) in [5.41, 5.74) is 0.311. The molecular weight excluding hydrogens is 263 g/mol. The van der Waals surface area contributed by atoms with Crippen molar-refractivity contribution in [2.24, 2.45) is 0 Å². The number of benzene rings is 1. The average Bonchev–Trinajstić information content (AvgIpc) is 2.34. The van der Waals surface area contributed by atoms with Gasteiger partial charge < -0.3 is 10.2 Å². The molecule has 0 unspecified atom stereocenters. The first-order valence-electron chi connectivity index (χ1n) is 5.55. The quantitative estimate of drug-likeness (QED) is 0.664. The van der Waals surface area contributed by atoms with E-state index in [1.54, 1.807) is 14.0 Å². The second kappa shape index (κ2) is 5.77. The molecule has 0 aliphatic carbocycles. The average molecular weight is 277 g/mol. The standard InChI is InChI=1S/C11H14F3N3O2/c1-3-16(7-11(12,13)14)9-4-8(15-2)5-10(6-9)17(18)19/h4-6,15H,3,7H2,1-2H3. The predicted octanol–water partition coefficient (Wildman–Crippen LogP) is 3.03. The molecule has 1 aromatic rings. The van der Waals surface area contributed by atoms with E-state index >= 15 is 0 Å². The summed E-state index contributed by atoms with van der Waals surface area (Å²) in [6, 6.07) is 3.85. The lowest BCUT2D eigenvalue weighted by Gasteiger charge is -2.24. The predicted molar refractivity (Wildman–Crippen MR) is 66.6 cm³/mol. The number of halogens is 3. The number of non-ortho nitro benzene ring substituents is 1. The summed E-state index contributed by atoms with van der Waals surface area (Å²) in [6.07, 6.45) is -4.36. The molecule has 0 aliphatic rings. The highest BCUT2D eigenvalue weighted by Gasteiger charge is 2.30. The van der Waals surface area contributed by atoms with Crippen molar-refractivity contribution in [3.63, 3.8) is 0 Å². The van der Waals surface area contributed by atoms with Crippen LogP contribution in [0.25, 0.3) is 0 Å². The minimum absolute atomic E-state index is 0.101. The topological polar surface area (TPSA) is 58.4 Å². The van der Waals surface area contributed by atoms with Crippen molar-refractivity contribution in [3.8, 4) is 0 Å². The van der Waals surface area contributed by atoms with Crippen LogP contribution >= 0.6 is 0 Å². The second-order valence-corrected chi connectivity index (χ2v) is 3.87. The monoisotopic (exact) mass is 277 g/mol. The third kappa shape index (κ3) is 4.31. The van der Waals surface area contributed by atoms with Crippen molar-refractivity contribution in [1.29, 1.82) is 0 Å². The Morgan fingerprint density at radius 1 is 1.37 bits per heavy atom. The Labute approximate surface area is 108 Å². The minimum atomic E-state index is -4.36. The number of alkyl halides is 3. The molecule has 0 saturated carbocycles. The smallest absolute Gasteiger partial charge is 0.388 e. The highest BCUT2D eigenvalue weighted by atomic mass is 19.4. The Morgan fingerprint density at radius 3 is 2.42 bits per heavy atom. The maximum Gasteiger partial charge on any atom is 0.405 e. The third-order valence-electron chi connectivity index (χ3n) is 2.52. The molecule has 0 aromatic heterocycles. The van der Waals surface area contributed by atoms with E-state index in [1.807, 2.05) is 0 Å². The molecule has 0 bridgehead atoms. The van der Waals surface area contributed by atoms with Gasteiger partial charge in [0, 0.05) is 37.1 Å². The van der Waals surface area contributed by atoms with E-state index in [1.165, 1.54) is 12.1 Å². The van der Waals surface area contributed by atoms with Gasteiger partial charge in [-0.1, -0.05) is 0 Å². The Hall–Kier alpha value is -1.99. The van der Waals surface area contributed by atoms with Gasteiger partial charge in [-0.3, -0.25) is 10.1 Å². The fourth-order valence-corrected chi connectivity index (χ4v) is 1.63. The van der Waals surface area contributed by atoms with E-state index in [0.717, 1.165) is 11.0 Å². The first-order chi connectivity index (χ1) is 8.76. The molecule has 5 nitrogen and oxygen atoms in total. The summed E-state index contributed by atoms with van der Waals surface area (Å²) >= 11 is 0. The summed E-state index contributed by atoms with van der Waals surface area (Å²) in [7, 11) is 1.54. The first-order valence-corrected chi connectivity index (χ1v) is 5.55. The van der Waals surface area contributed by atoms with Crippen molar-refractivity contribution in [3.05, 3.63) is 28.3 Å². The third-order valence-corrected chi connectivity index (χ3v) is 2.52. The van der Waals surface area contributed by atoms with Crippen LogP contribution in [0, 0.1) is 10.1 Å². The van der Waals surface area contributed by atoms with E-state index < -0.39 is 17.6 Å². The molecule has 19 heavy (non-hydrogen) atoms. The Balaban J connectivity index is 3.15. The number of anilines is 2. The van der Waals surface area contributed by atoms with Gasteiger partial charge in [0.2, 0.25) is 0 Å². The summed E-state index contributed by atoms with van der Waals surface area (Å²) in [5.74, 6) is 0. The van der Waals surface area contributed by atoms with Crippen LogP contribution in [0.4, 0.5) is 30.2 Å². The number of rotatable bonds is 5. The van der Waals surface area contributed by atoms with E-state index in [2.05, 4.69) is 5.32 Å². The van der Waals surface area contributed by atoms with Crippen LogP contribution < -0.4 is 10.2 Å². The van der Waals surface area contributed by atoms with Crippen LogP contribution in [0.1, 0.15) is 6.92 Å². The fourth-order valence-electron chi connectivity index (χ4n) is 1.63. The maximum absolute atomic E-state index is 12.4. The SMILES string of the molecule is CCN(CC(F)(F)F)c1cc(NC)cc([N+](=O)[O-])c1. The van der Waals surface area contributed by atoms with Crippen molar-refractivity contribution >= 4 is 17.1 Å². The van der Waals surface area contributed by atoms with E-state index in [4.69, 9.17) is 0 Å². The van der Waals surface area contributed by atoms with Gasteiger partial charge in [-0.05, 0) is 13.0 Å². The molecule has 1 rings (SSSR count). The molecule has 0 amide bonds. The molecule has 106 valence electrons. The number of nitrogens with one attached hydrogen (secondary N) is 1. The molecule has 1 N–H and O–H groups in total. The van der Waals surface area contributed by atoms with Gasteiger partial charge in [0.25, 0.3) is 5.69 Å². The van der Waals surface area contributed by atoms with Crippen LogP contribution in [0.2, 0.25) is 0 Å². The van der Waals surface area contributed by atoms with Crippen molar-refractivity contribution in [2.75, 3.05) is 30.4 Å². The van der Waals surface area contributed by atoms with Gasteiger partial charge in [0.05, 0.1) is 4.92 Å². The molecule has 0 fully saturated rings. The molecule has 0 aliphatic heterocycles. The highest BCUT2D eigenvalue weighted by Crippen LogP contribution is 2.29. The maximum atomic E-state index is 12.4. The molecule has 0 atom stereocenters. The fraction of sp³-hybridized carbons (Fsp3) is 0.455. The molecule has 8 heteroatoms. The summed E-state index contributed by atoms with van der Waals surface area (Å²) in [6.45, 7) is 0.515. The van der Waals surface area contributed by atoms with E-state index in [0.29, 0.717) is 5.69 Å². The summed E-state index contributed by atoms with van der Waals surface area (Å²) < 4.78 is 37.3. The Bertz CT molecular complexity index is 463. The zero-order valence-corrected chi connectivity index (χ0v) is 10.5.